The Labute approximate surface area is 119 Å². The van der Waals surface area contributed by atoms with Crippen LogP contribution in [0.3, 0.4) is 0 Å². The molecule has 2 aromatic rings. The molecule has 3 heteroatoms. The van der Waals surface area contributed by atoms with E-state index in [0.717, 1.165) is 18.2 Å². The molecule has 0 spiro atoms. The molecule has 0 amide bonds. The quantitative estimate of drug-likeness (QED) is 0.767. The first-order valence-electron chi connectivity index (χ1n) is 7.26. The largest absolute Gasteiger partial charge is 0.268 e. The summed E-state index contributed by atoms with van der Waals surface area (Å²) >= 11 is 6.22. The molecule has 1 aromatic carbocycles. The maximum atomic E-state index is 6.22. The van der Waals surface area contributed by atoms with Crippen molar-refractivity contribution in [2.45, 2.75) is 32.1 Å². The molecule has 1 unspecified atom stereocenters. The van der Waals surface area contributed by atoms with Crippen LogP contribution in [0, 0.1) is 11.8 Å². The van der Waals surface area contributed by atoms with Crippen molar-refractivity contribution in [2.75, 3.05) is 5.88 Å². The zero-order valence-electron chi connectivity index (χ0n) is 11.5. The van der Waals surface area contributed by atoms with Gasteiger partial charge >= 0.3 is 0 Å². The summed E-state index contributed by atoms with van der Waals surface area (Å²) < 4.78 is 1.99. The molecule has 1 fully saturated rings. The van der Waals surface area contributed by atoms with E-state index in [1.165, 1.54) is 42.3 Å². The first-order valence-corrected chi connectivity index (χ1v) is 7.79. The van der Waals surface area contributed by atoms with Crippen molar-refractivity contribution < 1.29 is 0 Å². The summed E-state index contributed by atoms with van der Waals surface area (Å²) in [6.07, 6.45) is 6.47. The van der Waals surface area contributed by atoms with Crippen LogP contribution in [0.4, 0.5) is 0 Å². The fourth-order valence-electron chi connectivity index (χ4n) is 3.46. The number of hydrogen-bond acceptors (Lipinski definition) is 1. The summed E-state index contributed by atoms with van der Waals surface area (Å²) in [5, 5.41) is 6.00. The Morgan fingerprint density at radius 3 is 2.79 bits per heavy atom. The van der Waals surface area contributed by atoms with Gasteiger partial charge in [0.1, 0.15) is 0 Å². The molecule has 3 rings (SSSR count). The van der Waals surface area contributed by atoms with Crippen LogP contribution in [0.15, 0.2) is 24.3 Å². The van der Waals surface area contributed by atoms with Crippen LogP contribution in [0.25, 0.3) is 10.9 Å². The van der Waals surface area contributed by atoms with Crippen molar-refractivity contribution in [3.8, 4) is 0 Å². The Hall–Kier alpha value is -1.02. The van der Waals surface area contributed by atoms with Crippen molar-refractivity contribution in [1.29, 1.82) is 0 Å². The highest BCUT2D eigenvalue weighted by molar-refractivity contribution is 6.18. The summed E-state index contributed by atoms with van der Waals surface area (Å²) in [7, 11) is 2.02. The summed E-state index contributed by atoms with van der Waals surface area (Å²) in [6, 6.07) is 8.48. The summed E-state index contributed by atoms with van der Waals surface area (Å²) in [4.78, 5) is 0. The third kappa shape index (κ3) is 2.51. The highest BCUT2D eigenvalue weighted by Gasteiger charge is 2.26. The van der Waals surface area contributed by atoms with E-state index in [1.54, 1.807) is 0 Å². The third-order valence-corrected chi connectivity index (χ3v) is 4.95. The lowest BCUT2D eigenvalue weighted by atomic mass is 9.88. The minimum atomic E-state index is 0.586. The van der Waals surface area contributed by atoms with Crippen LogP contribution in [0.5, 0.6) is 0 Å². The molecule has 1 atom stereocenters. The third-order valence-electron chi connectivity index (χ3n) is 4.55. The smallest absolute Gasteiger partial charge is 0.0706 e. The molecule has 1 aromatic heterocycles. The van der Waals surface area contributed by atoms with Gasteiger partial charge < -0.3 is 0 Å². The fourth-order valence-corrected chi connectivity index (χ4v) is 3.82. The predicted octanol–water partition coefficient (Wildman–Crippen LogP) is 4.16. The monoisotopic (exact) mass is 276 g/mol. The number of aromatic nitrogens is 2. The van der Waals surface area contributed by atoms with E-state index in [2.05, 4.69) is 24.3 Å². The maximum Gasteiger partial charge on any atom is 0.0706 e. The van der Waals surface area contributed by atoms with Gasteiger partial charge in [0.2, 0.25) is 0 Å². The minimum absolute atomic E-state index is 0.586. The summed E-state index contributed by atoms with van der Waals surface area (Å²) in [5.74, 6) is 2.15. The number of aryl methyl sites for hydroxylation is 1. The number of para-hydroxylation sites is 1. The molecule has 102 valence electrons. The van der Waals surface area contributed by atoms with Crippen molar-refractivity contribution in [3.63, 3.8) is 0 Å². The number of hydrogen-bond donors (Lipinski definition) is 0. The Morgan fingerprint density at radius 2 is 2.05 bits per heavy atom. The lowest BCUT2D eigenvalue weighted by Gasteiger charge is -2.20. The fraction of sp³-hybridized carbons (Fsp3) is 0.562. The first kappa shape index (κ1) is 13.0. The van der Waals surface area contributed by atoms with Gasteiger partial charge in [0.15, 0.2) is 0 Å². The molecule has 1 saturated carbocycles. The molecular weight excluding hydrogens is 256 g/mol. The molecule has 0 N–H and O–H groups in total. The molecular formula is C16H21ClN2. The normalized spacial score (nSPS) is 18.2. The number of alkyl halides is 1. The van der Waals surface area contributed by atoms with E-state index < -0.39 is 0 Å². The van der Waals surface area contributed by atoms with Gasteiger partial charge in [-0.15, -0.1) is 11.6 Å². The van der Waals surface area contributed by atoms with E-state index in [9.17, 15) is 0 Å². The predicted molar refractivity (Wildman–Crippen MR) is 80.6 cm³/mol. The van der Waals surface area contributed by atoms with Crippen molar-refractivity contribution in [2.24, 2.45) is 18.9 Å². The average Bonchev–Trinajstić information content (AvgIpc) is 3.06. The average molecular weight is 277 g/mol. The van der Waals surface area contributed by atoms with Crippen molar-refractivity contribution in [1.82, 2.24) is 9.78 Å². The van der Waals surface area contributed by atoms with E-state index in [1.807, 2.05) is 11.7 Å². The lowest BCUT2D eigenvalue weighted by molar-refractivity contribution is 0.366. The molecule has 0 aliphatic heterocycles. The van der Waals surface area contributed by atoms with Crippen molar-refractivity contribution >= 4 is 22.5 Å². The van der Waals surface area contributed by atoms with Gasteiger partial charge in [-0.3, -0.25) is 4.68 Å². The topological polar surface area (TPSA) is 17.8 Å². The molecule has 0 bridgehead atoms. The SMILES string of the molecule is Cn1nc(CC(CCl)C2CCCC2)c2ccccc21. The Kier molecular flexibility index (Phi) is 3.79. The highest BCUT2D eigenvalue weighted by Crippen LogP contribution is 2.34. The summed E-state index contributed by atoms with van der Waals surface area (Å²) in [6.45, 7) is 0. The van der Waals surface area contributed by atoms with E-state index in [4.69, 9.17) is 16.7 Å². The molecule has 0 saturated heterocycles. The second-order valence-corrected chi connectivity index (χ2v) is 6.06. The second-order valence-electron chi connectivity index (χ2n) is 5.75. The molecule has 1 aliphatic rings. The molecule has 2 nitrogen and oxygen atoms in total. The van der Waals surface area contributed by atoms with Crippen LogP contribution in [-0.2, 0) is 13.5 Å². The Morgan fingerprint density at radius 1 is 1.32 bits per heavy atom. The number of benzene rings is 1. The number of fused-ring (bicyclic) bond motifs is 1. The maximum absolute atomic E-state index is 6.22. The van der Waals surface area contributed by atoms with E-state index in [0.29, 0.717) is 5.92 Å². The van der Waals surface area contributed by atoms with Gasteiger partial charge in [-0.05, 0) is 24.3 Å². The second kappa shape index (κ2) is 5.54. The highest BCUT2D eigenvalue weighted by atomic mass is 35.5. The van der Waals surface area contributed by atoms with E-state index in [-0.39, 0.29) is 0 Å². The lowest BCUT2D eigenvalue weighted by Crippen LogP contribution is -2.17. The van der Waals surface area contributed by atoms with Crippen LogP contribution in [0.1, 0.15) is 31.4 Å². The number of halogens is 1. The number of nitrogens with zero attached hydrogens (tertiary/aromatic N) is 2. The Balaban J connectivity index is 1.87. The van der Waals surface area contributed by atoms with Crippen LogP contribution in [0.2, 0.25) is 0 Å². The van der Waals surface area contributed by atoms with Crippen LogP contribution < -0.4 is 0 Å². The molecule has 1 aliphatic carbocycles. The number of rotatable bonds is 4. The van der Waals surface area contributed by atoms with Crippen LogP contribution in [-0.4, -0.2) is 15.7 Å². The zero-order chi connectivity index (χ0) is 13.2. The van der Waals surface area contributed by atoms with Gasteiger partial charge in [0, 0.05) is 18.3 Å². The van der Waals surface area contributed by atoms with Gasteiger partial charge in [0.05, 0.1) is 11.2 Å². The molecule has 0 radical (unpaired) electrons. The minimum Gasteiger partial charge on any atom is -0.268 e. The van der Waals surface area contributed by atoms with E-state index >= 15 is 0 Å². The van der Waals surface area contributed by atoms with Gasteiger partial charge in [-0.1, -0.05) is 43.9 Å². The summed E-state index contributed by atoms with van der Waals surface area (Å²) in [5.41, 5.74) is 2.44. The first-order chi connectivity index (χ1) is 9.29. The van der Waals surface area contributed by atoms with Gasteiger partial charge in [-0.25, -0.2) is 0 Å². The van der Waals surface area contributed by atoms with Gasteiger partial charge in [-0.2, -0.15) is 5.10 Å². The standard InChI is InChI=1S/C16H21ClN2/c1-19-16-9-5-4-8-14(16)15(18-19)10-13(11-17)12-6-2-3-7-12/h4-5,8-9,12-13H,2-3,6-7,10-11H2,1H3. The Bertz CT molecular complexity index is 555. The van der Waals surface area contributed by atoms with Crippen molar-refractivity contribution in [3.05, 3.63) is 30.0 Å². The van der Waals surface area contributed by atoms with Gasteiger partial charge in [0.25, 0.3) is 0 Å². The molecule has 19 heavy (non-hydrogen) atoms. The zero-order valence-corrected chi connectivity index (χ0v) is 12.2. The van der Waals surface area contributed by atoms with Crippen LogP contribution >= 0.6 is 11.6 Å². The molecule has 1 heterocycles.